The molecule has 1 amide bonds. The summed E-state index contributed by atoms with van der Waals surface area (Å²) in [6.07, 6.45) is 2.06. The minimum atomic E-state index is -0.740. The maximum absolute atomic E-state index is 13.6. The number of fused-ring (bicyclic) bond motifs is 1. The minimum Gasteiger partial charge on any atom is -0.505 e. The van der Waals surface area contributed by atoms with E-state index < -0.39 is 5.97 Å². The van der Waals surface area contributed by atoms with E-state index in [2.05, 4.69) is 23.7 Å². The molecule has 2 heterocycles. The molecule has 7 nitrogen and oxygen atoms in total. The highest BCUT2D eigenvalue weighted by molar-refractivity contribution is 6.11. The van der Waals surface area contributed by atoms with Gasteiger partial charge in [-0.3, -0.25) is 14.7 Å². The van der Waals surface area contributed by atoms with E-state index in [4.69, 9.17) is 4.74 Å². The summed E-state index contributed by atoms with van der Waals surface area (Å²) in [5, 5.41) is 11.2. The van der Waals surface area contributed by atoms with Gasteiger partial charge in [-0.25, -0.2) is 9.18 Å². The Labute approximate surface area is 197 Å². The second-order valence-electron chi connectivity index (χ2n) is 8.78. The van der Waals surface area contributed by atoms with Crippen molar-refractivity contribution >= 4 is 22.8 Å². The number of nitrogens with zero attached hydrogens (tertiary/aromatic N) is 3. The highest BCUT2D eigenvalue weighted by Gasteiger charge is 2.28. The fraction of sp³-hybridized carbons (Fsp3) is 0.346. The van der Waals surface area contributed by atoms with Crippen molar-refractivity contribution in [3.05, 3.63) is 70.7 Å². The number of methoxy groups -OCH3 is 1. The predicted octanol–water partition coefficient (Wildman–Crippen LogP) is 3.62. The number of ether oxygens (including phenoxy) is 1. The van der Waals surface area contributed by atoms with Crippen molar-refractivity contribution in [2.75, 3.05) is 33.3 Å². The molecule has 1 aromatic heterocycles. The molecule has 2 aromatic carbocycles. The van der Waals surface area contributed by atoms with Crippen molar-refractivity contribution in [2.24, 2.45) is 0 Å². The number of aromatic nitrogens is 1. The Balaban J connectivity index is 1.75. The van der Waals surface area contributed by atoms with Gasteiger partial charge < -0.3 is 14.7 Å². The van der Waals surface area contributed by atoms with Gasteiger partial charge >= 0.3 is 5.97 Å². The Morgan fingerprint density at radius 2 is 1.74 bits per heavy atom. The van der Waals surface area contributed by atoms with Gasteiger partial charge in [-0.05, 0) is 55.7 Å². The third-order valence-corrected chi connectivity index (χ3v) is 6.29. The fourth-order valence-corrected chi connectivity index (χ4v) is 4.31. The zero-order chi connectivity index (χ0) is 24.4. The molecule has 1 N–H and O–H groups in total. The van der Waals surface area contributed by atoms with Gasteiger partial charge in [0.15, 0.2) is 5.75 Å². The van der Waals surface area contributed by atoms with Gasteiger partial charge in [-0.1, -0.05) is 12.1 Å². The van der Waals surface area contributed by atoms with E-state index in [1.165, 1.54) is 25.3 Å². The number of hydrogen-bond acceptors (Lipinski definition) is 6. The zero-order valence-electron chi connectivity index (χ0n) is 19.5. The SMILES string of the molecule is COC(=O)c1cc(C(=O)N2CCN(C(C)C)CC2)c2cc(Cc3ccc(F)cc3)cnc2c1O. The van der Waals surface area contributed by atoms with Gasteiger partial charge in [-0.15, -0.1) is 0 Å². The number of halogens is 1. The number of pyridine rings is 1. The number of esters is 1. The van der Waals surface area contributed by atoms with Crippen molar-refractivity contribution in [1.29, 1.82) is 0 Å². The summed E-state index contributed by atoms with van der Waals surface area (Å²) in [7, 11) is 1.22. The molecule has 0 bridgehead atoms. The van der Waals surface area contributed by atoms with Crippen molar-refractivity contribution in [3.8, 4) is 5.75 Å². The summed E-state index contributed by atoms with van der Waals surface area (Å²) in [6.45, 7) is 6.91. The van der Waals surface area contributed by atoms with Crippen LogP contribution in [0.4, 0.5) is 4.39 Å². The van der Waals surface area contributed by atoms with Gasteiger partial charge in [0.05, 0.1) is 12.7 Å². The van der Waals surface area contributed by atoms with Crippen LogP contribution in [-0.4, -0.2) is 71.1 Å². The molecule has 0 saturated carbocycles. The largest absolute Gasteiger partial charge is 0.505 e. The topological polar surface area (TPSA) is 83.0 Å². The van der Waals surface area contributed by atoms with Crippen LogP contribution in [0.3, 0.4) is 0 Å². The summed E-state index contributed by atoms with van der Waals surface area (Å²) in [6, 6.07) is 9.76. The predicted molar refractivity (Wildman–Crippen MR) is 127 cm³/mol. The maximum atomic E-state index is 13.6. The van der Waals surface area contributed by atoms with Crippen LogP contribution >= 0.6 is 0 Å². The smallest absolute Gasteiger partial charge is 0.341 e. The molecule has 0 aliphatic carbocycles. The molecule has 4 rings (SSSR count). The van der Waals surface area contributed by atoms with E-state index in [1.54, 1.807) is 29.3 Å². The Morgan fingerprint density at radius 1 is 1.06 bits per heavy atom. The number of hydrogen-bond donors (Lipinski definition) is 1. The second kappa shape index (κ2) is 9.77. The van der Waals surface area contributed by atoms with Crippen LogP contribution in [0.25, 0.3) is 10.9 Å². The summed E-state index contributed by atoms with van der Waals surface area (Å²) < 4.78 is 18.1. The summed E-state index contributed by atoms with van der Waals surface area (Å²) in [5.74, 6) is -1.60. The van der Waals surface area contributed by atoms with Crippen molar-refractivity contribution in [3.63, 3.8) is 0 Å². The maximum Gasteiger partial charge on any atom is 0.341 e. The lowest BCUT2D eigenvalue weighted by molar-refractivity contribution is 0.0595. The number of phenols is 1. The quantitative estimate of drug-likeness (QED) is 0.580. The number of rotatable bonds is 5. The van der Waals surface area contributed by atoms with Crippen LogP contribution in [0.15, 0.2) is 42.6 Å². The molecule has 178 valence electrons. The number of aromatic hydroxyl groups is 1. The highest BCUT2D eigenvalue weighted by atomic mass is 19.1. The Bertz CT molecular complexity index is 1220. The molecule has 8 heteroatoms. The molecule has 34 heavy (non-hydrogen) atoms. The number of phenolic OH excluding ortho intramolecular Hbond substituents is 1. The van der Waals surface area contributed by atoms with E-state index in [0.717, 1.165) is 24.2 Å². The third-order valence-electron chi connectivity index (χ3n) is 6.29. The standard InChI is InChI=1S/C26H28FN3O4/c1-16(2)29-8-10-30(11-9-29)25(32)21-14-22(26(33)34-3)24(31)23-20(21)13-18(15-28-23)12-17-4-6-19(27)7-5-17/h4-7,13-16,31H,8-12H2,1-3H3. The number of piperazine rings is 1. The molecule has 0 radical (unpaired) electrons. The van der Waals surface area contributed by atoms with Gasteiger partial charge in [0.1, 0.15) is 16.9 Å². The molecule has 1 fully saturated rings. The first-order valence-electron chi connectivity index (χ1n) is 11.3. The van der Waals surface area contributed by atoms with Gasteiger partial charge in [-0.2, -0.15) is 0 Å². The molecule has 0 unspecified atom stereocenters. The molecule has 1 aliphatic rings. The van der Waals surface area contributed by atoms with E-state index in [9.17, 15) is 19.1 Å². The van der Waals surface area contributed by atoms with Crippen LogP contribution in [0, 0.1) is 5.82 Å². The van der Waals surface area contributed by atoms with Crippen LogP contribution in [-0.2, 0) is 11.2 Å². The van der Waals surface area contributed by atoms with E-state index >= 15 is 0 Å². The number of benzene rings is 2. The lowest BCUT2D eigenvalue weighted by Crippen LogP contribution is -2.50. The number of carbonyl (C=O) groups is 2. The molecule has 1 aliphatic heterocycles. The van der Waals surface area contributed by atoms with Crippen molar-refractivity contribution in [1.82, 2.24) is 14.8 Å². The molecule has 3 aromatic rings. The van der Waals surface area contributed by atoms with Crippen LogP contribution in [0.5, 0.6) is 5.75 Å². The average Bonchev–Trinajstić information content (AvgIpc) is 2.85. The lowest BCUT2D eigenvalue weighted by atomic mass is 9.98. The molecular formula is C26H28FN3O4. The molecular weight excluding hydrogens is 437 g/mol. The van der Waals surface area contributed by atoms with Gasteiger partial charge in [0.2, 0.25) is 0 Å². The van der Waals surface area contributed by atoms with Crippen LogP contribution < -0.4 is 0 Å². The highest BCUT2D eigenvalue weighted by Crippen LogP contribution is 2.33. The van der Waals surface area contributed by atoms with Crippen LogP contribution in [0.1, 0.15) is 45.7 Å². The van der Waals surface area contributed by atoms with Crippen molar-refractivity contribution < 1.29 is 23.8 Å². The monoisotopic (exact) mass is 465 g/mol. The lowest BCUT2D eigenvalue weighted by Gasteiger charge is -2.37. The third kappa shape index (κ3) is 4.72. The Morgan fingerprint density at radius 3 is 2.35 bits per heavy atom. The average molecular weight is 466 g/mol. The minimum absolute atomic E-state index is 0.0991. The second-order valence-corrected chi connectivity index (χ2v) is 8.78. The summed E-state index contributed by atoms with van der Waals surface area (Å²) in [5.41, 5.74) is 2.03. The first kappa shape index (κ1) is 23.6. The molecule has 1 saturated heterocycles. The molecule has 0 atom stereocenters. The van der Waals surface area contributed by atoms with E-state index in [1.807, 2.05) is 0 Å². The number of carbonyl (C=O) groups excluding carboxylic acids is 2. The molecule has 0 spiro atoms. The Hall–Kier alpha value is -3.52. The van der Waals surface area contributed by atoms with E-state index in [0.29, 0.717) is 36.5 Å². The Kier molecular flexibility index (Phi) is 6.79. The summed E-state index contributed by atoms with van der Waals surface area (Å²) >= 11 is 0. The first-order valence-corrected chi connectivity index (χ1v) is 11.3. The first-order chi connectivity index (χ1) is 16.3. The zero-order valence-corrected chi connectivity index (χ0v) is 19.5. The fourth-order valence-electron chi connectivity index (χ4n) is 4.31. The normalized spacial score (nSPS) is 14.6. The summed E-state index contributed by atoms with van der Waals surface area (Å²) in [4.78, 5) is 34.3. The number of amides is 1. The van der Waals surface area contributed by atoms with Gasteiger partial charge in [0.25, 0.3) is 5.91 Å². The van der Waals surface area contributed by atoms with Crippen molar-refractivity contribution in [2.45, 2.75) is 26.3 Å². The van der Waals surface area contributed by atoms with Crippen LogP contribution in [0.2, 0.25) is 0 Å². The van der Waals surface area contributed by atoms with Gasteiger partial charge in [0, 0.05) is 43.8 Å². The van der Waals surface area contributed by atoms with E-state index in [-0.39, 0.29) is 28.6 Å².